The first-order valence-electron chi connectivity index (χ1n) is 17.5. The average molecular weight is 767 g/mol. The fourth-order valence-corrected chi connectivity index (χ4v) is 7.75. The summed E-state index contributed by atoms with van der Waals surface area (Å²) in [5.41, 5.74) is 2.88. The monoisotopic (exact) mass is 766 g/mol. The molecule has 0 N–H and O–H groups in total. The Labute approximate surface area is 300 Å². The van der Waals surface area contributed by atoms with Gasteiger partial charge in [0.05, 0.1) is 17.8 Å². The molecule has 0 aromatic heterocycles. The van der Waals surface area contributed by atoms with E-state index in [1.165, 1.54) is 0 Å². The predicted molar refractivity (Wildman–Crippen MR) is 197 cm³/mol. The number of carbonyl (C=O) groups excluding carboxylic acids is 3. The molecule has 0 bridgehead atoms. The van der Waals surface area contributed by atoms with Crippen molar-refractivity contribution in [3.63, 3.8) is 0 Å². The first kappa shape index (κ1) is 37.6. The minimum Gasteiger partial charge on any atom is -0.461 e. The molecule has 0 heterocycles. The summed E-state index contributed by atoms with van der Waals surface area (Å²) in [5, 5.41) is 0. The van der Waals surface area contributed by atoms with Gasteiger partial charge in [-0.1, -0.05) is 134 Å². The molecule has 1 saturated carbocycles. The molecular weight excluding hydrogens is 715 g/mol. The molecule has 48 heavy (non-hydrogen) atoms. The average Bonchev–Trinajstić information content (AvgIpc) is 3.10. The maximum Gasteiger partial charge on any atom is 0.309 e. The number of benzene rings is 3. The number of ether oxygens (including phenoxy) is 3. The number of alkyl halides is 1. The van der Waals surface area contributed by atoms with E-state index in [0.717, 1.165) is 42.4 Å². The molecule has 7 heteroatoms. The van der Waals surface area contributed by atoms with Crippen molar-refractivity contribution < 1.29 is 28.6 Å². The standard InChI is InChI=1S/C41H51IO6/c1-29(2)36(39(43)46-26-31-13-7-4-8-14-31)22-19-30(3)37(40(44)47-27-32-15-9-5-10-16-32)23-20-34-25-35(42)21-24-38(34)41(45)48-28-33-17-11-6-12-18-33/h4-18,29-30,34-38H,19-28H2,1-3H3. The lowest BCUT2D eigenvalue weighted by atomic mass is 9.74. The van der Waals surface area contributed by atoms with E-state index in [1.54, 1.807) is 0 Å². The quantitative estimate of drug-likeness (QED) is 0.0590. The Balaban J connectivity index is 1.41. The van der Waals surface area contributed by atoms with Gasteiger partial charge in [0.25, 0.3) is 0 Å². The summed E-state index contributed by atoms with van der Waals surface area (Å²) < 4.78 is 17.9. The van der Waals surface area contributed by atoms with E-state index in [-0.39, 0.29) is 73.2 Å². The normalized spacial score (nSPS) is 19.6. The van der Waals surface area contributed by atoms with Crippen LogP contribution in [0.25, 0.3) is 0 Å². The Hall–Kier alpha value is -3.20. The van der Waals surface area contributed by atoms with E-state index < -0.39 is 0 Å². The third-order valence-corrected chi connectivity index (χ3v) is 10.9. The van der Waals surface area contributed by atoms with Crippen molar-refractivity contribution >= 4 is 40.5 Å². The summed E-state index contributed by atoms with van der Waals surface area (Å²) in [6, 6.07) is 29.2. The van der Waals surface area contributed by atoms with Gasteiger partial charge in [0.2, 0.25) is 0 Å². The largest absolute Gasteiger partial charge is 0.461 e. The van der Waals surface area contributed by atoms with Crippen molar-refractivity contribution in [3.05, 3.63) is 108 Å². The van der Waals surface area contributed by atoms with Crippen LogP contribution in [-0.4, -0.2) is 21.8 Å². The first-order chi connectivity index (χ1) is 23.2. The van der Waals surface area contributed by atoms with Crippen molar-refractivity contribution in [2.75, 3.05) is 0 Å². The summed E-state index contributed by atoms with van der Waals surface area (Å²) >= 11 is 2.50. The Kier molecular flexibility index (Phi) is 15.4. The van der Waals surface area contributed by atoms with Crippen molar-refractivity contribution in [3.8, 4) is 0 Å². The van der Waals surface area contributed by atoms with Gasteiger partial charge in [-0.2, -0.15) is 0 Å². The minimum absolute atomic E-state index is 0.0149. The zero-order valence-corrected chi connectivity index (χ0v) is 30.8. The molecule has 6 atom stereocenters. The van der Waals surface area contributed by atoms with Crippen LogP contribution in [0.2, 0.25) is 0 Å². The topological polar surface area (TPSA) is 78.9 Å². The van der Waals surface area contributed by atoms with Crippen LogP contribution in [0.15, 0.2) is 91.0 Å². The smallest absolute Gasteiger partial charge is 0.309 e. The van der Waals surface area contributed by atoms with E-state index >= 15 is 0 Å². The zero-order chi connectivity index (χ0) is 34.3. The van der Waals surface area contributed by atoms with Crippen LogP contribution >= 0.6 is 22.6 Å². The highest BCUT2D eigenvalue weighted by Crippen LogP contribution is 2.40. The van der Waals surface area contributed by atoms with Gasteiger partial charge in [0.15, 0.2) is 0 Å². The highest BCUT2D eigenvalue weighted by Gasteiger charge is 2.37. The molecule has 6 nitrogen and oxygen atoms in total. The van der Waals surface area contributed by atoms with E-state index in [1.807, 2.05) is 105 Å². The van der Waals surface area contributed by atoms with Gasteiger partial charge >= 0.3 is 17.9 Å². The van der Waals surface area contributed by atoms with Gasteiger partial charge in [-0.05, 0) is 79.4 Å². The van der Waals surface area contributed by atoms with Crippen LogP contribution < -0.4 is 0 Å². The number of halogens is 1. The van der Waals surface area contributed by atoms with Crippen molar-refractivity contribution in [2.24, 2.45) is 35.5 Å². The lowest BCUT2D eigenvalue weighted by Gasteiger charge is -2.34. The second kappa shape index (κ2) is 19.7. The highest BCUT2D eigenvalue weighted by atomic mass is 127. The molecule has 4 rings (SSSR count). The van der Waals surface area contributed by atoms with E-state index in [0.29, 0.717) is 23.2 Å². The van der Waals surface area contributed by atoms with Crippen LogP contribution in [-0.2, 0) is 48.4 Å². The van der Waals surface area contributed by atoms with Crippen molar-refractivity contribution in [2.45, 2.75) is 89.5 Å². The van der Waals surface area contributed by atoms with Gasteiger partial charge in [-0.15, -0.1) is 0 Å². The van der Waals surface area contributed by atoms with Gasteiger partial charge in [-0.3, -0.25) is 14.4 Å². The molecule has 0 radical (unpaired) electrons. The zero-order valence-electron chi connectivity index (χ0n) is 28.6. The Morgan fingerprint density at radius 2 is 1.12 bits per heavy atom. The third kappa shape index (κ3) is 12.0. The van der Waals surface area contributed by atoms with Crippen LogP contribution in [0.4, 0.5) is 0 Å². The van der Waals surface area contributed by atoms with Gasteiger partial charge in [-0.25, -0.2) is 0 Å². The summed E-state index contributed by atoms with van der Waals surface area (Å²) in [5.74, 6) is -1.12. The van der Waals surface area contributed by atoms with Crippen LogP contribution in [0, 0.1) is 35.5 Å². The summed E-state index contributed by atoms with van der Waals surface area (Å²) in [6.45, 7) is 6.93. The molecule has 6 unspecified atom stereocenters. The van der Waals surface area contributed by atoms with Crippen molar-refractivity contribution in [1.82, 2.24) is 0 Å². The lowest BCUT2D eigenvalue weighted by molar-refractivity contribution is -0.153. The number of hydrogen-bond acceptors (Lipinski definition) is 6. The van der Waals surface area contributed by atoms with Gasteiger partial charge in [0, 0.05) is 3.92 Å². The highest BCUT2D eigenvalue weighted by molar-refractivity contribution is 14.1. The number of esters is 3. The van der Waals surface area contributed by atoms with E-state index in [4.69, 9.17) is 14.2 Å². The second-order valence-electron chi connectivity index (χ2n) is 13.6. The molecule has 0 amide bonds. The second-order valence-corrected chi connectivity index (χ2v) is 15.4. The van der Waals surface area contributed by atoms with Crippen LogP contribution in [0.1, 0.15) is 82.4 Å². The molecule has 3 aromatic rings. The summed E-state index contributed by atoms with van der Waals surface area (Å²) in [6.07, 6.45) is 5.39. The molecule has 1 aliphatic carbocycles. The molecule has 1 fully saturated rings. The minimum atomic E-state index is -0.350. The van der Waals surface area contributed by atoms with Gasteiger partial charge in [0.1, 0.15) is 19.8 Å². The predicted octanol–water partition coefficient (Wildman–Crippen LogP) is 9.52. The molecule has 258 valence electrons. The Morgan fingerprint density at radius 1 is 0.646 bits per heavy atom. The van der Waals surface area contributed by atoms with Gasteiger partial charge < -0.3 is 14.2 Å². The third-order valence-electron chi connectivity index (χ3n) is 9.77. The lowest BCUT2D eigenvalue weighted by Crippen LogP contribution is -2.34. The molecule has 0 spiro atoms. The van der Waals surface area contributed by atoms with Crippen molar-refractivity contribution in [1.29, 1.82) is 0 Å². The van der Waals surface area contributed by atoms with Crippen LogP contribution in [0.5, 0.6) is 0 Å². The number of carbonyl (C=O) groups is 3. The van der Waals surface area contributed by atoms with E-state index in [9.17, 15) is 14.4 Å². The number of rotatable bonds is 17. The molecule has 3 aromatic carbocycles. The SMILES string of the molecule is CC(C)C(CCC(C)C(CCC1CC(I)CCC1C(=O)OCc1ccccc1)C(=O)OCc1ccccc1)C(=O)OCc1ccccc1. The van der Waals surface area contributed by atoms with Crippen LogP contribution in [0.3, 0.4) is 0 Å². The maximum absolute atomic E-state index is 13.7. The van der Waals surface area contributed by atoms with E-state index in [2.05, 4.69) is 29.5 Å². The molecule has 1 aliphatic rings. The summed E-state index contributed by atoms with van der Waals surface area (Å²) in [4.78, 5) is 40.3. The maximum atomic E-state index is 13.7. The number of hydrogen-bond donors (Lipinski definition) is 0. The fraction of sp³-hybridized carbons (Fsp3) is 0.488. The Bertz CT molecular complexity index is 1400. The Morgan fingerprint density at radius 3 is 1.62 bits per heavy atom. The molecular formula is C41H51IO6. The summed E-state index contributed by atoms with van der Waals surface area (Å²) in [7, 11) is 0. The molecule has 0 aliphatic heterocycles. The molecule has 0 saturated heterocycles. The fourth-order valence-electron chi connectivity index (χ4n) is 6.74. The first-order valence-corrected chi connectivity index (χ1v) is 18.7.